The van der Waals surface area contributed by atoms with E-state index in [1.165, 1.54) is 0 Å². The summed E-state index contributed by atoms with van der Waals surface area (Å²) in [4.78, 5) is 11.6. The van der Waals surface area contributed by atoms with Crippen molar-refractivity contribution in [2.45, 2.75) is 20.8 Å². The first-order chi connectivity index (χ1) is 6.65. The first kappa shape index (κ1) is 10.8. The van der Waals surface area contributed by atoms with Crippen LogP contribution in [0.5, 0.6) is 0 Å². The SMILES string of the molecule is CCNc1ccc(C(=O)C(C)C)cc1. The highest BCUT2D eigenvalue weighted by atomic mass is 16.1. The average molecular weight is 191 g/mol. The van der Waals surface area contributed by atoms with E-state index in [9.17, 15) is 4.79 Å². The van der Waals surface area contributed by atoms with E-state index in [-0.39, 0.29) is 11.7 Å². The van der Waals surface area contributed by atoms with Gasteiger partial charge in [0.05, 0.1) is 0 Å². The molecule has 0 amide bonds. The molecule has 0 aliphatic heterocycles. The van der Waals surface area contributed by atoms with E-state index in [1.54, 1.807) is 0 Å². The summed E-state index contributed by atoms with van der Waals surface area (Å²) in [5.41, 5.74) is 1.86. The maximum Gasteiger partial charge on any atom is 0.165 e. The van der Waals surface area contributed by atoms with E-state index in [2.05, 4.69) is 5.32 Å². The first-order valence-electron chi connectivity index (χ1n) is 5.03. The number of rotatable bonds is 4. The Morgan fingerprint density at radius 3 is 2.29 bits per heavy atom. The van der Waals surface area contributed by atoms with Gasteiger partial charge in [0.15, 0.2) is 5.78 Å². The number of anilines is 1. The van der Waals surface area contributed by atoms with Crippen LogP contribution < -0.4 is 5.32 Å². The molecule has 1 N–H and O–H groups in total. The number of carbonyl (C=O) groups is 1. The summed E-state index contributed by atoms with van der Waals surface area (Å²) in [6.07, 6.45) is 0. The van der Waals surface area contributed by atoms with Crippen LogP contribution in [-0.2, 0) is 0 Å². The van der Waals surface area contributed by atoms with Gasteiger partial charge in [-0.05, 0) is 31.2 Å². The van der Waals surface area contributed by atoms with E-state index >= 15 is 0 Å². The fourth-order valence-corrected chi connectivity index (χ4v) is 1.29. The predicted octanol–water partition coefficient (Wildman–Crippen LogP) is 2.96. The fraction of sp³-hybridized carbons (Fsp3) is 0.417. The topological polar surface area (TPSA) is 29.1 Å². The van der Waals surface area contributed by atoms with Gasteiger partial charge in [0, 0.05) is 23.7 Å². The van der Waals surface area contributed by atoms with Gasteiger partial charge in [-0.25, -0.2) is 0 Å². The Bertz CT molecular complexity index is 301. The molecule has 0 bridgehead atoms. The second kappa shape index (κ2) is 4.80. The molecule has 2 heteroatoms. The van der Waals surface area contributed by atoms with Crippen molar-refractivity contribution in [3.63, 3.8) is 0 Å². The van der Waals surface area contributed by atoms with Gasteiger partial charge in [0.2, 0.25) is 0 Å². The van der Waals surface area contributed by atoms with Crippen LogP contribution in [0.3, 0.4) is 0 Å². The van der Waals surface area contributed by atoms with Gasteiger partial charge in [-0.3, -0.25) is 4.79 Å². The predicted molar refractivity (Wildman–Crippen MR) is 59.8 cm³/mol. The van der Waals surface area contributed by atoms with Crippen LogP contribution in [0.2, 0.25) is 0 Å². The van der Waals surface area contributed by atoms with Gasteiger partial charge in [-0.15, -0.1) is 0 Å². The van der Waals surface area contributed by atoms with Crippen LogP contribution in [0.25, 0.3) is 0 Å². The maximum atomic E-state index is 11.6. The highest BCUT2D eigenvalue weighted by molar-refractivity contribution is 5.97. The number of carbonyl (C=O) groups excluding carboxylic acids is 1. The molecule has 1 aromatic rings. The number of Topliss-reactive ketones (excluding diaryl/α,β-unsaturated/α-hetero) is 1. The number of benzene rings is 1. The Morgan fingerprint density at radius 1 is 1.29 bits per heavy atom. The third kappa shape index (κ3) is 2.59. The van der Waals surface area contributed by atoms with Crippen molar-refractivity contribution in [2.24, 2.45) is 5.92 Å². The molecule has 1 rings (SSSR count). The second-order valence-corrected chi connectivity index (χ2v) is 3.63. The monoisotopic (exact) mass is 191 g/mol. The molecule has 0 spiro atoms. The standard InChI is InChI=1S/C12H17NO/c1-4-13-11-7-5-10(6-8-11)12(14)9(2)3/h5-9,13H,4H2,1-3H3. The lowest BCUT2D eigenvalue weighted by Crippen LogP contribution is -2.07. The van der Waals surface area contributed by atoms with Crippen molar-refractivity contribution in [2.75, 3.05) is 11.9 Å². The number of hydrogen-bond acceptors (Lipinski definition) is 2. The Labute approximate surface area is 85.3 Å². The smallest absolute Gasteiger partial charge is 0.165 e. The van der Waals surface area contributed by atoms with E-state index in [1.807, 2.05) is 45.0 Å². The van der Waals surface area contributed by atoms with Crippen molar-refractivity contribution < 1.29 is 4.79 Å². The minimum Gasteiger partial charge on any atom is -0.385 e. The minimum absolute atomic E-state index is 0.0694. The van der Waals surface area contributed by atoms with Crippen molar-refractivity contribution in [1.82, 2.24) is 0 Å². The summed E-state index contributed by atoms with van der Waals surface area (Å²) in [6, 6.07) is 7.64. The summed E-state index contributed by atoms with van der Waals surface area (Å²) < 4.78 is 0. The molecule has 2 nitrogen and oxygen atoms in total. The van der Waals surface area contributed by atoms with E-state index in [4.69, 9.17) is 0 Å². The minimum atomic E-state index is 0.0694. The van der Waals surface area contributed by atoms with Crippen LogP contribution in [0.15, 0.2) is 24.3 Å². The number of nitrogens with one attached hydrogen (secondary N) is 1. The third-order valence-electron chi connectivity index (χ3n) is 2.07. The lowest BCUT2D eigenvalue weighted by Gasteiger charge is -2.06. The van der Waals surface area contributed by atoms with Crippen LogP contribution in [-0.4, -0.2) is 12.3 Å². The molecule has 0 aromatic heterocycles. The van der Waals surface area contributed by atoms with Crippen molar-refractivity contribution in [3.05, 3.63) is 29.8 Å². The summed E-state index contributed by atoms with van der Waals surface area (Å²) in [7, 11) is 0. The lowest BCUT2D eigenvalue weighted by atomic mass is 10.0. The van der Waals surface area contributed by atoms with E-state index < -0.39 is 0 Å². The first-order valence-corrected chi connectivity index (χ1v) is 5.03. The zero-order chi connectivity index (χ0) is 10.6. The molecule has 0 aliphatic rings. The molecule has 14 heavy (non-hydrogen) atoms. The Hall–Kier alpha value is -1.31. The molecule has 1 aromatic carbocycles. The molecule has 0 saturated heterocycles. The Balaban J connectivity index is 2.78. The van der Waals surface area contributed by atoms with Crippen molar-refractivity contribution in [3.8, 4) is 0 Å². The van der Waals surface area contributed by atoms with E-state index in [0.29, 0.717) is 0 Å². The summed E-state index contributed by atoms with van der Waals surface area (Å²) in [5.74, 6) is 0.271. The molecule has 0 unspecified atom stereocenters. The second-order valence-electron chi connectivity index (χ2n) is 3.63. The van der Waals surface area contributed by atoms with Crippen molar-refractivity contribution >= 4 is 11.5 Å². The Morgan fingerprint density at radius 2 is 1.86 bits per heavy atom. The third-order valence-corrected chi connectivity index (χ3v) is 2.07. The molecular weight excluding hydrogens is 174 g/mol. The summed E-state index contributed by atoms with van der Waals surface area (Å²) in [6.45, 7) is 6.78. The van der Waals surface area contributed by atoms with Crippen molar-refractivity contribution in [1.29, 1.82) is 0 Å². The highest BCUT2D eigenvalue weighted by Crippen LogP contribution is 2.12. The molecule has 0 aliphatic carbocycles. The normalized spacial score (nSPS) is 10.3. The van der Waals surface area contributed by atoms with Gasteiger partial charge in [-0.2, -0.15) is 0 Å². The summed E-state index contributed by atoms with van der Waals surface area (Å²) in [5, 5.41) is 3.19. The van der Waals surface area contributed by atoms with Gasteiger partial charge in [0.25, 0.3) is 0 Å². The van der Waals surface area contributed by atoms with Gasteiger partial charge >= 0.3 is 0 Å². The van der Waals surface area contributed by atoms with Gasteiger partial charge in [0.1, 0.15) is 0 Å². The molecule has 0 radical (unpaired) electrons. The Kier molecular flexibility index (Phi) is 3.69. The average Bonchev–Trinajstić information content (AvgIpc) is 2.18. The molecule has 0 atom stereocenters. The molecule has 0 heterocycles. The quantitative estimate of drug-likeness (QED) is 0.741. The maximum absolute atomic E-state index is 11.6. The van der Waals surface area contributed by atoms with Crippen LogP contribution in [0.4, 0.5) is 5.69 Å². The zero-order valence-corrected chi connectivity index (χ0v) is 9.00. The molecule has 76 valence electrons. The van der Waals surface area contributed by atoms with Gasteiger partial charge in [-0.1, -0.05) is 13.8 Å². The number of ketones is 1. The van der Waals surface area contributed by atoms with Crippen LogP contribution >= 0.6 is 0 Å². The fourth-order valence-electron chi connectivity index (χ4n) is 1.29. The number of hydrogen-bond donors (Lipinski definition) is 1. The molecule has 0 saturated carbocycles. The largest absolute Gasteiger partial charge is 0.385 e. The van der Waals surface area contributed by atoms with Crippen LogP contribution in [0, 0.1) is 5.92 Å². The van der Waals surface area contributed by atoms with Gasteiger partial charge < -0.3 is 5.32 Å². The van der Waals surface area contributed by atoms with E-state index in [0.717, 1.165) is 17.8 Å². The molecule has 0 fully saturated rings. The zero-order valence-electron chi connectivity index (χ0n) is 9.00. The van der Waals surface area contributed by atoms with Crippen LogP contribution in [0.1, 0.15) is 31.1 Å². The summed E-state index contributed by atoms with van der Waals surface area (Å²) >= 11 is 0. The lowest BCUT2D eigenvalue weighted by molar-refractivity contribution is 0.0939. The molecular formula is C12H17NO. The highest BCUT2D eigenvalue weighted by Gasteiger charge is 2.09.